The van der Waals surface area contributed by atoms with Crippen molar-refractivity contribution in [2.45, 2.75) is 12.1 Å². The number of hydrogen-bond donors (Lipinski definition) is 1. The van der Waals surface area contributed by atoms with Crippen LogP contribution in [0.1, 0.15) is 15.9 Å². The van der Waals surface area contributed by atoms with Gasteiger partial charge in [0.2, 0.25) is 0 Å². The number of benzene rings is 2. The summed E-state index contributed by atoms with van der Waals surface area (Å²) in [7, 11) is 0. The lowest BCUT2D eigenvalue weighted by Crippen LogP contribution is -2.05. The summed E-state index contributed by atoms with van der Waals surface area (Å²) >= 11 is 1.39. The Morgan fingerprint density at radius 1 is 1.00 bits per heavy atom. The molecular formula is C24H19N5OS. The predicted molar refractivity (Wildman–Crippen MR) is 123 cm³/mol. The van der Waals surface area contributed by atoms with Gasteiger partial charge >= 0.3 is 0 Å². The predicted octanol–water partition coefficient (Wildman–Crippen LogP) is 5.09. The Kier molecular flexibility index (Phi) is 5.09. The van der Waals surface area contributed by atoms with Crippen molar-refractivity contribution >= 4 is 28.4 Å². The van der Waals surface area contributed by atoms with Crippen molar-refractivity contribution in [1.82, 2.24) is 24.7 Å². The Morgan fingerprint density at radius 3 is 2.61 bits per heavy atom. The summed E-state index contributed by atoms with van der Waals surface area (Å²) in [6.07, 6.45) is 5.25. The standard InChI is InChI=1S/C24H19N5OS/c1-16-6-2-5-9-21(16)29-23(17-10-12-25-13-11-17)27-28-24(29)31-15-22(30)19-14-26-20-8-4-3-7-18(19)20/h2-14,26H,15H2,1H3. The lowest BCUT2D eigenvalue weighted by atomic mass is 10.1. The molecule has 2 aromatic carbocycles. The first-order valence-electron chi connectivity index (χ1n) is 9.86. The van der Waals surface area contributed by atoms with Gasteiger partial charge in [0.25, 0.3) is 0 Å². The van der Waals surface area contributed by atoms with E-state index in [9.17, 15) is 4.79 Å². The van der Waals surface area contributed by atoms with Gasteiger partial charge in [-0.25, -0.2) is 0 Å². The number of Topliss-reactive ketones (excluding diaryl/α,β-unsaturated/α-hetero) is 1. The minimum Gasteiger partial charge on any atom is -0.360 e. The van der Waals surface area contributed by atoms with Gasteiger partial charge in [-0.15, -0.1) is 10.2 Å². The average Bonchev–Trinajstić information content (AvgIpc) is 3.43. The Labute approximate surface area is 183 Å². The molecule has 31 heavy (non-hydrogen) atoms. The number of nitrogens with one attached hydrogen (secondary N) is 1. The Balaban J connectivity index is 1.50. The van der Waals surface area contributed by atoms with Crippen LogP contribution in [0.3, 0.4) is 0 Å². The number of pyridine rings is 1. The molecule has 7 heteroatoms. The maximum atomic E-state index is 13.0. The fraction of sp³-hybridized carbons (Fsp3) is 0.0833. The summed E-state index contributed by atoms with van der Waals surface area (Å²) in [5.41, 5.74) is 4.66. The molecule has 0 aliphatic carbocycles. The van der Waals surface area contributed by atoms with Gasteiger partial charge in [-0.1, -0.05) is 48.2 Å². The van der Waals surface area contributed by atoms with Gasteiger partial charge in [0.05, 0.1) is 11.4 Å². The molecule has 1 N–H and O–H groups in total. The molecule has 5 rings (SSSR count). The van der Waals surface area contributed by atoms with E-state index in [-0.39, 0.29) is 11.5 Å². The molecule has 0 saturated carbocycles. The summed E-state index contributed by atoms with van der Waals surface area (Å²) in [4.78, 5) is 20.2. The molecule has 0 amide bonds. The lowest BCUT2D eigenvalue weighted by molar-refractivity contribution is 0.102. The van der Waals surface area contributed by atoms with E-state index >= 15 is 0 Å². The van der Waals surface area contributed by atoms with E-state index in [4.69, 9.17) is 0 Å². The second-order valence-corrected chi connectivity index (χ2v) is 8.07. The fourth-order valence-corrected chi connectivity index (χ4v) is 4.42. The zero-order chi connectivity index (χ0) is 21.2. The highest BCUT2D eigenvalue weighted by Gasteiger charge is 2.19. The van der Waals surface area contributed by atoms with Crippen LogP contribution in [0.5, 0.6) is 0 Å². The van der Waals surface area contributed by atoms with Gasteiger partial charge in [-0.2, -0.15) is 0 Å². The van der Waals surface area contributed by atoms with Crippen LogP contribution >= 0.6 is 11.8 Å². The topological polar surface area (TPSA) is 76.5 Å². The van der Waals surface area contributed by atoms with Gasteiger partial charge in [-0.3, -0.25) is 14.3 Å². The zero-order valence-electron chi connectivity index (χ0n) is 16.8. The number of H-pyrrole nitrogens is 1. The number of hydrogen-bond acceptors (Lipinski definition) is 5. The van der Waals surface area contributed by atoms with E-state index in [2.05, 4.69) is 33.2 Å². The van der Waals surface area contributed by atoms with E-state index in [1.807, 2.05) is 59.2 Å². The van der Waals surface area contributed by atoms with Crippen molar-refractivity contribution in [3.8, 4) is 17.1 Å². The van der Waals surface area contributed by atoms with Crippen LogP contribution in [0.2, 0.25) is 0 Å². The SMILES string of the molecule is Cc1ccccc1-n1c(SCC(=O)c2c[nH]c3ccccc23)nnc1-c1ccncc1. The van der Waals surface area contributed by atoms with E-state index in [0.29, 0.717) is 10.7 Å². The van der Waals surface area contributed by atoms with Crippen molar-refractivity contribution in [3.63, 3.8) is 0 Å². The summed E-state index contributed by atoms with van der Waals surface area (Å²) in [5, 5.41) is 10.5. The second kappa shape index (κ2) is 8.20. The van der Waals surface area contributed by atoms with Gasteiger partial charge in [-0.05, 0) is 36.8 Å². The Morgan fingerprint density at radius 2 is 1.77 bits per heavy atom. The van der Waals surface area contributed by atoms with E-state index in [1.54, 1.807) is 18.6 Å². The quantitative estimate of drug-likeness (QED) is 0.303. The summed E-state index contributed by atoms with van der Waals surface area (Å²) in [6, 6.07) is 19.7. The van der Waals surface area contributed by atoms with Crippen LogP contribution < -0.4 is 0 Å². The number of thioether (sulfide) groups is 1. The molecule has 0 atom stereocenters. The van der Waals surface area contributed by atoms with Crippen molar-refractivity contribution in [3.05, 3.63) is 90.4 Å². The third kappa shape index (κ3) is 3.64. The average molecular weight is 426 g/mol. The molecule has 0 bridgehead atoms. The number of aryl methyl sites for hydroxylation is 1. The van der Waals surface area contributed by atoms with E-state index < -0.39 is 0 Å². The van der Waals surface area contributed by atoms with Crippen molar-refractivity contribution < 1.29 is 4.79 Å². The minimum absolute atomic E-state index is 0.0484. The smallest absolute Gasteiger partial charge is 0.196 e. The maximum absolute atomic E-state index is 13.0. The van der Waals surface area contributed by atoms with E-state index in [0.717, 1.165) is 33.5 Å². The molecule has 0 fully saturated rings. The molecule has 0 aliphatic rings. The Hall–Kier alpha value is -3.71. The highest BCUT2D eigenvalue weighted by atomic mass is 32.2. The molecule has 0 aliphatic heterocycles. The molecule has 0 spiro atoms. The molecule has 3 heterocycles. The monoisotopic (exact) mass is 425 g/mol. The van der Waals surface area contributed by atoms with Gasteiger partial charge in [0, 0.05) is 40.6 Å². The van der Waals surface area contributed by atoms with E-state index in [1.165, 1.54) is 11.8 Å². The van der Waals surface area contributed by atoms with Crippen molar-refractivity contribution in [1.29, 1.82) is 0 Å². The Bertz CT molecular complexity index is 1370. The van der Waals surface area contributed by atoms with Gasteiger partial charge in [0.15, 0.2) is 16.8 Å². The molecule has 6 nitrogen and oxygen atoms in total. The molecule has 5 aromatic rings. The summed E-state index contributed by atoms with van der Waals surface area (Å²) < 4.78 is 2.01. The summed E-state index contributed by atoms with van der Waals surface area (Å²) in [5.74, 6) is 1.04. The maximum Gasteiger partial charge on any atom is 0.196 e. The van der Waals surface area contributed by atoms with Gasteiger partial charge < -0.3 is 4.98 Å². The highest BCUT2D eigenvalue weighted by Crippen LogP contribution is 2.30. The number of fused-ring (bicyclic) bond motifs is 1. The number of carbonyl (C=O) groups is 1. The highest BCUT2D eigenvalue weighted by molar-refractivity contribution is 7.99. The first-order chi connectivity index (χ1) is 15.2. The molecule has 152 valence electrons. The molecule has 0 radical (unpaired) electrons. The van der Waals surface area contributed by atoms with Crippen LogP contribution in [0.25, 0.3) is 28.0 Å². The first-order valence-corrected chi connectivity index (χ1v) is 10.8. The number of aromatic amines is 1. The van der Waals surface area contributed by atoms with Crippen LogP contribution in [-0.2, 0) is 0 Å². The third-order valence-corrected chi connectivity index (χ3v) is 6.08. The molecule has 0 unspecified atom stereocenters. The van der Waals surface area contributed by atoms with Crippen molar-refractivity contribution in [2.75, 3.05) is 5.75 Å². The number of nitrogens with zero attached hydrogens (tertiary/aromatic N) is 4. The van der Waals surface area contributed by atoms with Crippen LogP contribution in [0.4, 0.5) is 0 Å². The first kappa shape index (κ1) is 19.3. The molecule has 0 saturated heterocycles. The van der Waals surface area contributed by atoms with Crippen LogP contribution in [-0.4, -0.2) is 36.3 Å². The zero-order valence-corrected chi connectivity index (χ0v) is 17.6. The van der Waals surface area contributed by atoms with Crippen LogP contribution in [0, 0.1) is 6.92 Å². The number of carbonyl (C=O) groups excluding carboxylic acids is 1. The minimum atomic E-state index is 0.0484. The number of ketones is 1. The summed E-state index contributed by atoms with van der Waals surface area (Å²) in [6.45, 7) is 2.05. The number of rotatable bonds is 6. The lowest BCUT2D eigenvalue weighted by Gasteiger charge is -2.12. The number of para-hydroxylation sites is 2. The molecular weight excluding hydrogens is 406 g/mol. The van der Waals surface area contributed by atoms with Gasteiger partial charge in [0.1, 0.15) is 0 Å². The molecule has 3 aromatic heterocycles. The second-order valence-electron chi connectivity index (χ2n) is 7.12. The number of aromatic nitrogens is 5. The van der Waals surface area contributed by atoms with Crippen molar-refractivity contribution in [2.24, 2.45) is 0 Å². The fourth-order valence-electron chi connectivity index (χ4n) is 3.59. The third-order valence-electron chi connectivity index (χ3n) is 5.15. The van der Waals surface area contributed by atoms with Crippen LogP contribution in [0.15, 0.2) is 84.4 Å². The largest absolute Gasteiger partial charge is 0.360 e. The normalized spacial score (nSPS) is 11.1.